The van der Waals surface area contributed by atoms with Crippen molar-refractivity contribution in [1.29, 1.82) is 10.8 Å². The Labute approximate surface area is 189 Å². The van der Waals surface area contributed by atoms with Crippen LogP contribution in [0, 0.1) is 10.8 Å². The predicted molar refractivity (Wildman–Crippen MR) is 129 cm³/mol. The van der Waals surface area contributed by atoms with Gasteiger partial charge in [-0.15, -0.1) is 24.8 Å². The highest BCUT2D eigenvalue weighted by Gasteiger charge is 2.19. The molecule has 1 aliphatic carbocycles. The molecule has 1 saturated carbocycles. The van der Waals surface area contributed by atoms with Crippen molar-refractivity contribution < 1.29 is 4.79 Å². The molecule has 30 heavy (non-hydrogen) atoms. The molecular formula is C23H26Cl2N4O. The van der Waals surface area contributed by atoms with E-state index >= 15 is 0 Å². The number of rotatable bonds is 4. The Balaban J connectivity index is 0.00000225. The number of nitrogens with one attached hydrogen (secondary N) is 2. The molecule has 0 aliphatic heterocycles. The fourth-order valence-corrected chi connectivity index (χ4v) is 3.26. The number of hydrogen-bond acceptors (Lipinski definition) is 3. The van der Waals surface area contributed by atoms with E-state index in [-0.39, 0.29) is 42.3 Å². The average molecular weight is 445 g/mol. The highest BCUT2D eigenvalue weighted by molar-refractivity contribution is 6.13. The van der Waals surface area contributed by atoms with Gasteiger partial charge in [-0.05, 0) is 49.0 Å². The highest BCUT2D eigenvalue weighted by atomic mass is 35.5. The Morgan fingerprint density at radius 3 is 1.33 bits per heavy atom. The van der Waals surface area contributed by atoms with Crippen molar-refractivity contribution in [2.75, 3.05) is 0 Å². The zero-order valence-corrected chi connectivity index (χ0v) is 18.1. The first-order valence-electron chi connectivity index (χ1n) is 9.29. The van der Waals surface area contributed by atoms with Crippen LogP contribution in [0.2, 0.25) is 0 Å². The molecule has 0 heterocycles. The van der Waals surface area contributed by atoms with Gasteiger partial charge in [0.1, 0.15) is 11.7 Å². The fraction of sp³-hybridized carbons (Fsp3) is 0.174. The van der Waals surface area contributed by atoms with Crippen LogP contribution >= 0.6 is 24.8 Å². The molecule has 0 bridgehead atoms. The minimum Gasteiger partial charge on any atom is -0.384 e. The van der Waals surface area contributed by atoms with Gasteiger partial charge in [0.25, 0.3) is 0 Å². The van der Waals surface area contributed by atoms with Gasteiger partial charge in [-0.2, -0.15) is 0 Å². The maximum atomic E-state index is 13.1. The number of amidine groups is 2. The number of nitrogen functional groups attached to an aromatic ring is 2. The van der Waals surface area contributed by atoms with Crippen LogP contribution in [0.4, 0.5) is 0 Å². The molecule has 5 nitrogen and oxygen atoms in total. The molecule has 0 amide bonds. The monoisotopic (exact) mass is 444 g/mol. The van der Waals surface area contributed by atoms with Crippen LogP contribution in [0.15, 0.2) is 59.7 Å². The summed E-state index contributed by atoms with van der Waals surface area (Å²) < 4.78 is 0. The molecule has 2 aromatic carbocycles. The summed E-state index contributed by atoms with van der Waals surface area (Å²) in [6.07, 6.45) is 7.34. The van der Waals surface area contributed by atoms with Gasteiger partial charge in [0, 0.05) is 22.3 Å². The Morgan fingerprint density at radius 2 is 1.03 bits per heavy atom. The summed E-state index contributed by atoms with van der Waals surface area (Å²) in [6, 6.07) is 14.7. The lowest BCUT2D eigenvalue weighted by Crippen LogP contribution is -2.10. The zero-order valence-electron chi connectivity index (χ0n) is 16.5. The summed E-state index contributed by atoms with van der Waals surface area (Å²) in [5.74, 6) is 0.153. The van der Waals surface area contributed by atoms with Crippen LogP contribution in [0.25, 0.3) is 12.2 Å². The second kappa shape index (κ2) is 11.3. The highest BCUT2D eigenvalue weighted by Crippen LogP contribution is 2.27. The Morgan fingerprint density at radius 1 is 0.700 bits per heavy atom. The molecule has 0 aromatic heterocycles. The molecule has 0 atom stereocenters. The van der Waals surface area contributed by atoms with Gasteiger partial charge in [-0.25, -0.2) is 0 Å². The van der Waals surface area contributed by atoms with E-state index < -0.39 is 0 Å². The van der Waals surface area contributed by atoms with Gasteiger partial charge in [0.2, 0.25) is 0 Å². The molecule has 0 unspecified atom stereocenters. The number of benzene rings is 2. The summed E-state index contributed by atoms with van der Waals surface area (Å²) in [6.45, 7) is 0. The van der Waals surface area contributed by atoms with Gasteiger partial charge >= 0.3 is 0 Å². The first-order valence-corrected chi connectivity index (χ1v) is 9.29. The van der Waals surface area contributed by atoms with Gasteiger partial charge in [0.05, 0.1) is 0 Å². The summed E-state index contributed by atoms with van der Waals surface area (Å²) in [4.78, 5) is 13.1. The van der Waals surface area contributed by atoms with Crippen molar-refractivity contribution in [3.05, 3.63) is 81.9 Å². The average Bonchev–Trinajstić information content (AvgIpc) is 2.85. The third-order valence-corrected chi connectivity index (χ3v) is 4.85. The Hall–Kier alpha value is -2.89. The lowest BCUT2D eigenvalue weighted by molar-refractivity contribution is -0.112. The number of nitrogens with two attached hydrogens (primary N) is 2. The van der Waals surface area contributed by atoms with E-state index in [1.165, 1.54) is 0 Å². The molecule has 1 aliphatic rings. The Bertz CT molecular complexity index is 898. The van der Waals surface area contributed by atoms with Crippen LogP contribution in [0.1, 0.15) is 47.9 Å². The largest absolute Gasteiger partial charge is 0.384 e. The fourth-order valence-electron chi connectivity index (χ4n) is 3.26. The minimum absolute atomic E-state index is 0. The summed E-state index contributed by atoms with van der Waals surface area (Å²) in [7, 11) is 0. The normalized spacial score (nSPS) is 16.3. The van der Waals surface area contributed by atoms with Gasteiger partial charge in [-0.3, -0.25) is 15.6 Å². The number of ketones is 1. The van der Waals surface area contributed by atoms with Crippen molar-refractivity contribution in [3.63, 3.8) is 0 Å². The minimum atomic E-state index is 0. The Kier molecular flexibility index (Phi) is 9.50. The number of hydrogen-bond donors (Lipinski definition) is 4. The second-order valence-electron chi connectivity index (χ2n) is 6.95. The van der Waals surface area contributed by atoms with Crippen LogP contribution in [-0.2, 0) is 4.79 Å². The van der Waals surface area contributed by atoms with Gasteiger partial charge in [0.15, 0.2) is 5.78 Å². The molecule has 0 radical (unpaired) electrons. The third kappa shape index (κ3) is 6.31. The van der Waals surface area contributed by atoms with Crippen LogP contribution < -0.4 is 11.5 Å². The smallest absolute Gasteiger partial charge is 0.185 e. The number of carbonyl (C=O) groups is 1. The number of carbonyl (C=O) groups excluding carboxylic acids is 1. The number of Topliss-reactive ketones (excluding diaryl/α,β-unsaturated/α-hetero) is 1. The molecule has 0 saturated heterocycles. The van der Waals surface area contributed by atoms with E-state index in [0.717, 1.165) is 48.0 Å². The topological polar surface area (TPSA) is 117 Å². The van der Waals surface area contributed by atoms with E-state index in [0.29, 0.717) is 11.1 Å². The maximum absolute atomic E-state index is 13.1. The number of halogens is 2. The van der Waals surface area contributed by atoms with E-state index in [1.807, 2.05) is 36.4 Å². The molecule has 2 aromatic rings. The van der Waals surface area contributed by atoms with Crippen LogP contribution in [0.5, 0.6) is 0 Å². The molecular weight excluding hydrogens is 419 g/mol. The summed E-state index contributed by atoms with van der Waals surface area (Å²) >= 11 is 0. The van der Waals surface area contributed by atoms with E-state index in [2.05, 4.69) is 0 Å². The quantitative estimate of drug-likeness (QED) is 0.236. The maximum Gasteiger partial charge on any atom is 0.185 e. The second-order valence-corrected chi connectivity index (χ2v) is 6.95. The predicted octanol–water partition coefficient (Wildman–Crippen LogP) is 4.71. The molecule has 158 valence electrons. The molecule has 6 N–H and O–H groups in total. The summed E-state index contributed by atoms with van der Waals surface area (Å²) in [5.41, 5.74) is 15.8. The third-order valence-electron chi connectivity index (χ3n) is 4.85. The van der Waals surface area contributed by atoms with Crippen molar-refractivity contribution in [2.24, 2.45) is 11.5 Å². The lowest BCUT2D eigenvalue weighted by Gasteiger charge is -2.07. The lowest BCUT2D eigenvalue weighted by atomic mass is 9.97. The van der Waals surface area contributed by atoms with Gasteiger partial charge in [-0.1, -0.05) is 48.5 Å². The first-order chi connectivity index (χ1) is 13.4. The zero-order chi connectivity index (χ0) is 20.1. The number of allylic oxidation sites excluding steroid dienone is 2. The van der Waals surface area contributed by atoms with Crippen molar-refractivity contribution in [1.82, 2.24) is 0 Å². The van der Waals surface area contributed by atoms with Crippen molar-refractivity contribution in [2.45, 2.75) is 25.7 Å². The molecule has 7 heteroatoms. The molecule has 1 fully saturated rings. The van der Waals surface area contributed by atoms with Crippen molar-refractivity contribution in [3.8, 4) is 0 Å². The van der Waals surface area contributed by atoms with Crippen molar-refractivity contribution >= 4 is 54.4 Å². The first kappa shape index (κ1) is 25.1. The molecule has 0 spiro atoms. The van der Waals surface area contributed by atoms with E-state index in [4.69, 9.17) is 22.3 Å². The van der Waals surface area contributed by atoms with Crippen LogP contribution in [-0.4, -0.2) is 17.5 Å². The van der Waals surface area contributed by atoms with E-state index in [9.17, 15) is 4.79 Å². The van der Waals surface area contributed by atoms with Gasteiger partial charge < -0.3 is 11.5 Å². The SMILES string of the molecule is Cl.Cl.N=C(N)c1ccc(C=C2CCCCC(=Cc3ccc(C(=N)N)cc3)C2=O)cc1. The van der Waals surface area contributed by atoms with E-state index in [1.54, 1.807) is 24.3 Å². The summed E-state index contributed by atoms with van der Waals surface area (Å²) in [5, 5.41) is 14.9. The standard InChI is InChI=1S/C23H24N4O.2ClH/c24-22(25)17-9-5-15(6-10-17)13-19-3-1-2-4-20(21(19)28)14-16-7-11-18(12-8-16)23(26)27;;/h5-14H,1-4H2,(H3,24,25)(H3,26,27);2*1H. The molecule has 3 rings (SSSR count). The van der Waals surface area contributed by atoms with Crippen LogP contribution in [0.3, 0.4) is 0 Å².